The fraction of sp³-hybridized carbons (Fsp3) is 0.636. The summed E-state index contributed by atoms with van der Waals surface area (Å²) in [5.41, 5.74) is 1.06. The van der Waals surface area contributed by atoms with Crippen molar-refractivity contribution < 1.29 is 14.3 Å². The number of aryl methyl sites for hydroxylation is 2. The van der Waals surface area contributed by atoms with Gasteiger partial charge in [0.15, 0.2) is 5.78 Å². The van der Waals surface area contributed by atoms with Crippen LogP contribution in [0.4, 0.5) is 0 Å². The molecule has 0 amide bonds. The van der Waals surface area contributed by atoms with Crippen molar-refractivity contribution in [1.82, 2.24) is 9.78 Å². The molecule has 0 atom stereocenters. The maximum atomic E-state index is 11.4. The molecule has 1 aromatic rings. The molecule has 0 N–H and O–H groups in total. The van der Waals surface area contributed by atoms with Crippen LogP contribution in [0.15, 0.2) is 12.3 Å². The monoisotopic (exact) mass is 226 g/mol. The molecular weight excluding hydrogens is 208 g/mol. The van der Waals surface area contributed by atoms with Gasteiger partial charge in [-0.2, -0.15) is 5.10 Å². The van der Waals surface area contributed by atoms with Gasteiger partial charge in [-0.1, -0.05) is 0 Å². The number of carbonyl (C=O) groups excluding carboxylic acids is 1. The number of nitrogens with zero attached hydrogens (tertiary/aromatic N) is 2. The summed E-state index contributed by atoms with van der Waals surface area (Å²) < 4.78 is 11.7. The molecule has 1 heterocycles. The lowest BCUT2D eigenvalue weighted by molar-refractivity contribution is -0.124. The van der Waals surface area contributed by atoms with Crippen LogP contribution in [0.2, 0.25) is 0 Å². The fourth-order valence-corrected chi connectivity index (χ4v) is 1.31. The summed E-state index contributed by atoms with van der Waals surface area (Å²) in [5, 5.41) is 4.04. The highest BCUT2D eigenvalue weighted by molar-refractivity contribution is 5.79. The Balaban J connectivity index is 2.13. The molecule has 0 bridgehead atoms. The van der Waals surface area contributed by atoms with E-state index in [9.17, 15) is 4.79 Å². The lowest BCUT2D eigenvalue weighted by Gasteiger charge is -2.03. The molecule has 0 spiro atoms. The smallest absolute Gasteiger partial charge is 0.158 e. The SMILES string of the molecule is COCCOCC(=O)CCc1ccnn1C. The van der Waals surface area contributed by atoms with Gasteiger partial charge in [-0.15, -0.1) is 0 Å². The first-order chi connectivity index (χ1) is 7.74. The van der Waals surface area contributed by atoms with Gasteiger partial charge in [0.1, 0.15) is 6.61 Å². The number of methoxy groups -OCH3 is 1. The van der Waals surface area contributed by atoms with Gasteiger partial charge in [-0.3, -0.25) is 9.48 Å². The number of Topliss-reactive ketones (excluding diaryl/α,β-unsaturated/α-hetero) is 1. The molecule has 0 saturated carbocycles. The Bertz CT molecular complexity index is 323. The first-order valence-electron chi connectivity index (χ1n) is 5.29. The van der Waals surface area contributed by atoms with Crippen LogP contribution in [0.5, 0.6) is 0 Å². The van der Waals surface area contributed by atoms with Crippen molar-refractivity contribution in [3.05, 3.63) is 18.0 Å². The van der Waals surface area contributed by atoms with Gasteiger partial charge in [0, 0.05) is 32.5 Å². The van der Waals surface area contributed by atoms with Crippen molar-refractivity contribution in [2.45, 2.75) is 12.8 Å². The number of aromatic nitrogens is 2. The second-order valence-electron chi connectivity index (χ2n) is 3.53. The third kappa shape index (κ3) is 4.55. The maximum Gasteiger partial charge on any atom is 0.158 e. The van der Waals surface area contributed by atoms with Gasteiger partial charge < -0.3 is 9.47 Å². The fourth-order valence-electron chi connectivity index (χ4n) is 1.31. The van der Waals surface area contributed by atoms with Gasteiger partial charge >= 0.3 is 0 Å². The molecule has 0 aromatic carbocycles. The summed E-state index contributed by atoms with van der Waals surface area (Å²) in [5.74, 6) is 0.109. The van der Waals surface area contributed by atoms with Crippen LogP contribution in [-0.4, -0.2) is 42.5 Å². The number of hydrogen-bond acceptors (Lipinski definition) is 4. The highest BCUT2D eigenvalue weighted by atomic mass is 16.5. The third-order valence-corrected chi connectivity index (χ3v) is 2.28. The Hall–Kier alpha value is -1.20. The van der Waals surface area contributed by atoms with Gasteiger partial charge in [0.25, 0.3) is 0 Å². The number of rotatable bonds is 8. The molecule has 16 heavy (non-hydrogen) atoms. The van der Waals surface area contributed by atoms with Crippen LogP contribution in [0.25, 0.3) is 0 Å². The van der Waals surface area contributed by atoms with Crippen molar-refractivity contribution in [2.75, 3.05) is 26.9 Å². The Labute approximate surface area is 95.3 Å². The minimum atomic E-state index is 0.109. The van der Waals surface area contributed by atoms with Crippen LogP contribution >= 0.6 is 0 Å². The van der Waals surface area contributed by atoms with E-state index in [1.54, 1.807) is 18.0 Å². The van der Waals surface area contributed by atoms with E-state index in [0.717, 1.165) is 5.69 Å². The van der Waals surface area contributed by atoms with E-state index < -0.39 is 0 Å². The van der Waals surface area contributed by atoms with E-state index in [4.69, 9.17) is 9.47 Å². The molecule has 1 aromatic heterocycles. The Morgan fingerprint density at radius 3 is 2.94 bits per heavy atom. The van der Waals surface area contributed by atoms with E-state index >= 15 is 0 Å². The van der Waals surface area contributed by atoms with Gasteiger partial charge in [-0.25, -0.2) is 0 Å². The third-order valence-electron chi connectivity index (χ3n) is 2.28. The molecule has 0 saturated heterocycles. The predicted molar refractivity (Wildman–Crippen MR) is 59.2 cm³/mol. The summed E-state index contributed by atoms with van der Waals surface area (Å²) in [6, 6.07) is 1.92. The number of carbonyl (C=O) groups is 1. The highest BCUT2D eigenvalue weighted by Crippen LogP contribution is 2.01. The molecule has 0 radical (unpaired) electrons. The number of ether oxygens (including phenoxy) is 2. The highest BCUT2D eigenvalue weighted by Gasteiger charge is 2.05. The van der Waals surface area contributed by atoms with E-state index in [-0.39, 0.29) is 12.4 Å². The zero-order valence-corrected chi connectivity index (χ0v) is 9.81. The minimum Gasteiger partial charge on any atom is -0.382 e. The lowest BCUT2D eigenvalue weighted by Crippen LogP contribution is -2.13. The quantitative estimate of drug-likeness (QED) is 0.609. The standard InChI is InChI=1S/C11H18N2O3/c1-13-10(5-6-12-13)3-4-11(14)9-16-8-7-15-2/h5-6H,3-4,7-9H2,1-2H3. The second kappa shape index (κ2) is 7.14. The first-order valence-corrected chi connectivity index (χ1v) is 5.29. The van der Waals surface area contributed by atoms with Crippen molar-refractivity contribution >= 4 is 5.78 Å². The van der Waals surface area contributed by atoms with Crippen molar-refractivity contribution in [1.29, 1.82) is 0 Å². The Kier molecular flexibility index (Phi) is 5.74. The minimum absolute atomic E-state index is 0.109. The predicted octanol–water partition coefficient (Wildman–Crippen LogP) is 0.585. The molecule has 0 aliphatic heterocycles. The van der Waals surface area contributed by atoms with Gasteiger partial charge in [-0.05, 0) is 12.5 Å². The molecule has 0 aliphatic rings. The van der Waals surface area contributed by atoms with Gasteiger partial charge in [0.05, 0.1) is 13.2 Å². The molecule has 0 fully saturated rings. The summed E-state index contributed by atoms with van der Waals surface area (Å²) in [6.07, 6.45) is 2.93. The zero-order chi connectivity index (χ0) is 11.8. The average molecular weight is 226 g/mol. The lowest BCUT2D eigenvalue weighted by atomic mass is 10.2. The van der Waals surface area contributed by atoms with E-state index in [2.05, 4.69) is 5.10 Å². The van der Waals surface area contributed by atoms with Crippen LogP contribution in [0, 0.1) is 0 Å². The van der Waals surface area contributed by atoms with Gasteiger partial charge in [0.2, 0.25) is 0 Å². The maximum absolute atomic E-state index is 11.4. The molecule has 0 aliphatic carbocycles. The summed E-state index contributed by atoms with van der Waals surface area (Å²) in [6.45, 7) is 1.16. The molecule has 5 nitrogen and oxygen atoms in total. The number of ketones is 1. The van der Waals surface area contributed by atoms with Crippen LogP contribution in [-0.2, 0) is 27.7 Å². The first kappa shape index (κ1) is 12.9. The zero-order valence-electron chi connectivity index (χ0n) is 9.81. The summed E-state index contributed by atoms with van der Waals surface area (Å²) in [4.78, 5) is 11.4. The van der Waals surface area contributed by atoms with Crippen molar-refractivity contribution in [3.8, 4) is 0 Å². The Morgan fingerprint density at radius 1 is 1.50 bits per heavy atom. The largest absolute Gasteiger partial charge is 0.382 e. The molecule has 0 unspecified atom stereocenters. The average Bonchev–Trinajstić information content (AvgIpc) is 2.67. The van der Waals surface area contributed by atoms with Crippen molar-refractivity contribution in [3.63, 3.8) is 0 Å². The molecule has 90 valence electrons. The summed E-state index contributed by atoms with van der Waals surface area (Å²) in [7, 11) is 3.47. The molecule has 5 heteroatoms. The summed E-state index contributed by atoms with van der Waals surface area (Å²) >= 11 is 0. The van der Waals surface area contributed by atoms with E-state index in [0.29, 0.717) is 26.1 Å². The van der Waals surface area contributed by atoms with Crippen molar-refractivity contribution in [2.24, 2.45) is 7.05 Å². The van der Waals surface area contributed by atoms with E-state index in [1.165, 1.54) is 0 Å². The van der Waals surface area contributed by atoms with E-state index in [1.807, 2.05) is 13.1 Å². The number of hydrogen-bond donors (Lipinski definition) is 0. The van der Waals surface area contributed by atoms with Crippen LogP contribution in [0.3, 0.4) is 0 Å². The van der Waals surface area contributed by atoms with Crippen LogP contribution in [0.1, 0.15) is 12.1 Å². The normalized spacial score (nSPS) is 10.6. The molecule has 1 rings (SSSR count). The molecular formula is C11H18N2O3. The van der Waals surface area contributed by atoms with Crippen LogP contribution < -0.4 is 0 Å². The Morgan fingerprint density at radius 2 is 2.31 bits per heavy atom. The topological polar surface area (TPSA) is 53.4 Å². The second-order valence-corrected chi connectivity index (χ2v) is 3.53.